The Morgan fingerprint density at radius 2 is 1.73 bits per heavy atom. The lowest BCUT2D eigenvalue weighted by Gasteiger charge is -2.34. The molecule has 30 heavy (non-hydrogen) atoms. The Morgan fingerprint density at radius 1 is 1.13 bits per heavy atom. The van der Waals surface area contributed by atoms with Crippen LogP contribution in [0.5, 0.6) is 5.75 Å². The minimum Gasteiger partial charge on any atom is -0.495 e. The summed E-state index contributed by atoms with van der Waals surface area (Å²) in [7, 11) is 1.49. The van der Waals surface area contributed by atoms with E-state index in [0.717, 1.165) is 0 Å². The van der Waals surface area contributed by atoms with E-state index in [1.807, 2.05) is 0 Å². The highest BCUT2D eigenvalue weighted by Crippen LogP contribution is 2.30. The van der Waals surface area contributed by atoms with Gasteiger partial charge < -0.3 is 14.8 Å². The van der Waals surface area contributed by atoms with Gasteiger partial charge in [0.1, 0.15) is 11.9 Å². The standard InChI is InChI=1S/C22H23ClN2O5/c1-13(19(26)24-17-11-14(23)9-10-18(17)29-4)30-12-22(2,3)25-20(27)15-7-5-6-8-16(15)21(25)28/h5-11,13H,12H2,1-4H3,(H,24,26). The van der Waals surface area contributed by atoms with E-state index in [4.69, 9.17) is 21.1 Å². The van der Waals surface area contributed by atoms with Crippen molar-refractivity contribution < 1.29 is 23.9 Å². The lowest BCUT2D eigenvalue weighted by Crippen LogP contribution is -2.51. The SMILES string of the molecule is COc1ccc(Cl)cc1NC(=O)C(C)OCC(C)(C)N1C(=O)c2ccccc2C1=O. The monoisotopic (exact) mass is 430 g/mol. The predicted octanol–water partition coefficient (Wildman–Crippen LogP) is 3.77. The van der Waals surface area contributed by atoms with E-state index in [1.54, 1.807) is 63.2 Å². The molecular formula is C22H23ClN2O5. The number of amides is 3. The van der Waals surface area contributed by atoms with Gasteiger partial charge >= 0.3 is 0 Å². The van der Waals surface area contributed by atoms with Crippen molar-refractivity contribution in [2.24, 2.45) is 0 Å². The molecule has 0 saturated heterocycles. The first-order chi connectivity index (χ1) is 14.2. The number of nitrogens with zero attached hydrogens (tertiary/aromatic N) is 1. The number of hydrogen-bond acceptors (Lipinski definition) is 5. The summed E-state index contributed by atoms with van der Waals surface area (Å²) < 4.78 is 10.9. The fraction of sp³-hybridized carbons (Fsp3) is 0.318. The number of benzene rings is 2. The topological polar surface area (TPSA) is 84.9 Å². The van der Waals surface area contributed by atoms with E-state index >= 15 is 0 Å². The van der Waals surface area contributed by atoms with Crippen LogP contribution in [0.2, 0.25) is 5.02 Å². The molecule has 2 aromatic carbocycles. The number of carbonyl (C=O) groups is 3. The number of ether oxygens (including phenoxy) is 2. The van der Waals surface area contributed by atoms with Crippen LogP contribution >= 0.6 is 11.6 Å². The molecule has 0 fully saturated rings. The highest BCUT2D eigenvalue weighted by Gasteiger charge is 2.44. The number of nitrogens with one attached hydrogen (secondary N) is 1. The molecule has 0 spiro atoms. The molecule has 1 N–H and O–H groups in total. The molecular weight excluding hydrogens is 408 g/mol. The van der Waals surface area contributed by atoms with Crippen molar-refractivity contribution in [1.82, 2.24) is 4.90 Å². The number of hydrogen-bond donors (Lipinski definition) is 1. The van der Waals surface area contributed by atoms with Crippen LogP contribution in [0.25, 0.3) is 0 Å². The molecule has 8 heteroatoms. The fourth-order valence-electron chi connectivity index (χ4n) is 3.22. The minimum atomic E-state index is -0.949. The first-order valence-corrected chi connectivity index (χ1v) is 9.77. The van der Waals surface area contributed by atoms with Gasteiger partial charge in [0, 0.05) is 5.02 Å². The van der Waals surface area contributed by atoms with Crippen molar-refractivity contribution >= 4 is 35.0 Å². The predicted molar refractivity (Wildman–Crippen MR) is 113 cm³/mol. The van der Waals surface area contributed by atoms with Crippen molar-refractivity contribution in [3.05, 3.63) is 58.6 Å². The van der Waals surface area contributed by atoms with Crippen LogP contribution in [0.1, 0.15) is 41.5 Å². The molecule has 3 amide bonds. The molecule has 0 aliphatic carbocycles. The number of rotatable bonds is 7. The molecule has 1 heterocycles. The molecule has 2 aromatic rings. The van der Waals surface area contributed by atoms with Crippen LogP contribution in [0, 0.1) is 0 Å². The van der Waals surface area contributed by atoms with Crippen LogP contribution < -0.4 is 10.1 Å². The van der Waals surface area contributed by atoms with E-state index in [-0.39, 0.29) is 18.4 Å². The summed E-state index contributed by atoms with van der Waals surface area (Å²) in [4.78, 5) is 39.2. The Hall–Kier alpha value is -2.90. The van der Waals surface area contributed by atoms with E-state index in [9.17, 15) is 14.4 Å². The summed E-state index contributed by atoms with van der Waals surface area (Å²) in [5.74, 6) is -0.685. The average molecular weight is 431 g/mol. The van der Waals surface area contributed by atoms with E-state index in [0.29, 0.717) is 27.6 Å². The molecule has 158 valence electrons. The Balaban J connectivity index is 1.66. The van der Waals surface area contributed by atoms with Gasteiger partial charge in [-0.2, -0.15) is 0 Å². The molecule has 1 unspecified atom stereocenters. The minimum absolute atomic E-state index is 0.0142. The molecule has 7 nitrogen and oxygen atoms in total. The summed E-state index contributed by atoms with van der Waals surface area (Å²) in [5, 5.41) is 3.17. The first kappa shape index (κ1) is 21.8. The summed E-state index contributed by atoms with van der Waals surface area (Å²) in [6.45, 7) is 5.02. The van der Waals surface area contributed by atoms with E-state index in [1.165, 1.54) is 12.0 Å². The van der Waals surface area contributed by atoms with E-state index < -0.39 is 17.6 Å². The second-order valence-electron chi connectivity index (χ2n) is 7.59. The highest BCUT2D eigenvalue weighted by molar-refractivity contribution is 6.31. The highest BCUT2D eigenvalue weighted by atomic mass is 35.5. The quantitative estimate of drug-likeness (QED) is 0.676. The fourth-order valence-corrected chi connectivity index (χ4v) is 3.39. The van der Waals surface area contributed by atoms with Crippen molar-refractivity contribution in [2.75, 3.05) is 19.0 Å². The summed E-state index contributed by atoms with van der Waals surface area (Å²) in [6.07, 6.45) is -0.844. The third-order valence-electron chi connectivity index (χ3n) is 4.87. The number of fused-ring (bicyclic) bond motifs is 1. The summed E-state index contributed by atoms with van der Waals surface area (Å²) >= 11 is 5.99. The van der Waals surface area contributed by atoms with Gasteiger partial charge in [-0.15, -0.1) is 0 Å². The van der Waals surface area contributed by atoms with Crippen molar-refractivity contribution in [3.63, 3.8) is 0 Å². The number of imide groups is 1. The van der Waals surface area contributed by atoms with Gasteiger partial charge in [0.05, 0.1) is 36.1 Å². The van der Waals surface area contributed by atoms with Crippen LogP contribution in [0.4, 0.5) is 5.69 Å². The molecule has 1 atom stereocenters. The third-order valence-corrected chi connectivity index (χ3v) is 5.11. The van der Waals surface area contributed by atoms with E-state index in [2.05, 4.69) is 5.32 Å². The molecule has 0 aromatic heterocycles. The summed E-state index contributed by atoms with van der Waals surface area (Å²) in [6, 6.07) is 11.6. The number of anilines is 1. The second kappa shape index (κ2) is 8.45. The van der Waals surface area contributed by atoms with Crippen LogP contribution in [-0.4, -0.2) is 48.0 Å². The van der Waals surface area contributed by atoms with Crippen LogP contribution in [0.15, 0.2) is 42.5 Å². The second-order valence-corrected chi connectivity index (χ2v) is 8.03. The molecule has 0 saturated carbocycles. The molecule has 1 aliphatic heterocycles. The largest absolute Gasteiger partial charge is 0.495 e. The Kier molecular flexibility index (Phi) is 6.14. The lowest BCUT2D eigenvalue weighted by molar-refractivity contribution is -0.128. The zero-order valence-electron chi connectivity index (χ0n) is 17.2. The zero-order valence-corrected chi connectivity index (χ0v) is 17.9. The molecule has 1 aliphatic rings. The van der Waals surface area contributed by atoms with Gasteiger partial charge in [0.25, 0.3) is 17.7 Å². The van der Waals surface area contributed by atoms with Crippen molar-refractivity contribution in [2.45, 2.75) is 32.4 Å². The maximum absolute atomic E-state index is 12.7. The van der Waals surface area contributed by atoms with Gasteiger partial charge in [-0.25, -0.2) is 0 Å². The Bertz CT molecular complexity index is 970. The number of methoxy groups -OCH3 is 1. The van der Waals surface area contributed by atoms with Crippen LogP contribution in [-0.2, 0) is 9.53 Å². The summed E-state index contributed by atoms with van der Waals surface area (Å²) in [5.41, 5.74) is 0.212. The molecule has 0 bridgehead atoms. The van der Waals surface area contributed by atoms with Gasteiger partial charge in [-0.05, 0) is 51.1 Å². The normalized spacial score (nSPS) is 14.5. The first-order valence-electron chi connectivity index (χ1n) is 9.39. The van der Waals surface area contributed by atoms with Gasteiger partial charge in [0.15, 0.2) is 0 Å². The van der Waals surface area contributed by atoms with Gasteiger partial charge in [0.2, 0.25) is 0 Å². The molecule has 3 rings (SSSR count). The maximum Gasteiger partial charge on any atom is 0.262 e. The van der Waals surface area contributed by atoms with Crippen LogP contribution in [0.3, 0.4) is 0 Å². The third kappa shape index (κ3) is 4.17. The lowest BCUT2D eigenvalue weighted by atomic mass is 10.0. The van der Waals surface area contributed by atoms with Crippen molar-refractivity contribution in [3.8, 4) is 5.75 Å². The molecule has 0 radical (unpaired) electrons. The smallest absolute Gasteiger partial charge is 0.262 e. The van der Waals surface area contributed by atoms with Gasteiger partial charge in [-0.1, -0.05) is 23.7 Å². The Labute approximate surface area is 179 Å². The Morgan fingerprint density at radius 3 is 2.30 bits per heavy atom. The zero-order chi connectivity index (χ0) is 22.1. The number of carbonyl (C=O) groups excluding carboxylic acids is 3. The average Bonchev–Trinajstić information content (AvgIpc) is 2.97. The van der Waals surface area contributed by atoms with Crippen molar-refractivity contribution in [1.29, 1.82) is 0 Å². The number of halogens is 1. The van der Waals surface area contributed by atoms with Gasteiger partial charge in [-0.3, -0.25) is 19.3 Å². The maximum atomic E-state index is 12.7.